The highest BCUT2D eigenvalue weighted by Gasteiger charge is 2.36. The summed E-state index contributed by atoms with van der Waals surface area (Å²) in [4.78, 5) is 2.96. The molecule has 5 heteroatoms. The Morgan fingerprint density at radius 3 is 2.43 bits per heavy atom. The molecule has 2 aromatic carbocycles. The van der Waals surface area contributed by atoms with E-state index in [1.54, 1.807) is 4.31 Å². The van der Waals surface area contributed by atoms with Gasteiger partial charge in [0.2, 0.25) is 10.0 Å². The Labute approximate surface area is 168 Å². The third-order valence-corrected chi connectivity index (χ3v) is 8.62. The Hall–Kier alpha value is -1.69. The van der Waals surface area contributed by atoms with Crippen molar-refractivity contribution >= 4 is 10.0 Å². The first-order chi connectivity index (χ1) is 13.6. The van der Waals surface area contributed by atoms with E-state index in [0.29, 0.717) is 24.0 Å². The van der Waals surface area contributed by atoms with Gasteiger partial charge in [0.15, 0.2) is 0 Å². The van der Waals surface area contributed by atoms with Gasteiger partial charge >= 0.3 is 0 Å². The number of sulfonamides is 1. The number of fused-ring (bicyclic) bond motifs is 2. The van der Waals surface area contributed by atoms with Crippen LogP contribution in [0.15, 0.2) is 47.4 Å². The summed E-state index contributed by atoms with van der Waals surface area (Å²) in [6.07, 6.45) is 6.45. The van der Waals surface area contributed by atoms with Crippen molar-refractivity contribution in [3.05, 3.63) is 64.7 Å². The van der Waals surface area contributed by atoms with E-state index in [1.807, 2.05) is 18.2 Å². The minimum atomic E-state index is -3.40. The first kappa shape index (κ1) is 18.3. The van der Waals surface area contributed by atoms with E-state index >= 15 is 0 Å². The molecular formula is C23H28N2O2S. The molecule has 2 aliphatic heterocycles. The van der Waals surface area contributed by atoms with E-state index in [9.17, 15) is 8.42 Å². The van der Waals surface area contributed by atoms with Crippen molar-refractivity contribution in [1.82, 2.24) is 9.21 Å². The lowest BCUT2D eigenvalue weighted by Crippen LogP contribution is -2.41. The number of aryl methyl sites for hydroxylation is 2. The second-order valence-electron chi connectivity index (χ2n) is 8.43. The van der Waals surface area contributed by atoms with Gasteiger partial charge in [0.05, 0.1) is 4.90 Å². The second-order valence-corrected chi connectivity index (χ2v) is 10.4. The van der Waals surface area contributed by atoms with Crippen LogP contribution in [-0.4, -0.2) is 43.3 Å². The minimum absolute atomic E-state index is 0.320. The van der Waals surface area contributed by atoms with Gasteiger partial charge in [-0.2, -0.15) is 4.31 Å². The summed E-state index contributed by atoms with van der Waals surface area (Å²) in [7, 11) is -3.40. The molecule has 28 heavy (non-hydrogen) atoms. The van der Waals surface area contributed by atoms with Crippen molar-refractivity contribution < 1.29 is 8.42 Å². The normalized spacial score (nSPS) is 23.4. The molecule has 0 bridgehead atoms. The molecule has 0 radical (unpaired) electrons. The van der Waals surface area contributed by atoms with Crippen LogP contribution in [0.4, 0.5) is 0 Å². The number of hydrogen-bond acceptors (Lipinski definition) is 3. The van der Waals surface area contributed by atoms with Crippen LogP contribution in [0, 0.1) is 0 Å². The lowest BCUT2D eigenvalue weighted by Gasteiger charge is -2.33. The van der Waals surface area contributed by atoms with Gasteiger partial charge in [-0.15, -0.1) is 0 Å². The zero-order valence-electron chi connectivity index (χ0n) is 16.3. The third kappa shape index (κ3) is 3.30. The maximum atomic E-state index is 13.3. The maximum Gasteiger partial charge on any atom is 0.243 e. The van der Waals surface area contributed by atoms with Crippen LogP contribution in [0.2, 0.25) is 0 Å². The summed E-state index contributed by atoms with van der Waals surface area (Å²) in [5, 5.41) is 0. The first-order valence-electron chi connectivity index (χ1n) is 10.5. The molecule has 0 spiro atoms. The van der Waals surface area contributed by atoms with Crippen LogP contribution in [0.1, 0.15) is 41.5 Å². The van der Waals surface area contributed by atoms with E-state index in [1.165, 1.54) is 35.1 Å². The Balaban J connectivity index is 1.32. The van der Waals surface area contributed by atoms with Crippen molar-refractivity contribution in [2.75, 3.05) is 19.6 Å². The fourth-order valence-electron chi connectivity index (χ4n) is 5.08. The lowest BCUT2D eigenvalue weighted by atomic mass is 9.92. The van der Waals surface area contributed by atoms with Gasteiger partial charge in [0.1, 0.15) is 0 Å². The molecule has 1 atom stereocenters. The topological polar surface area (TPSA) is 40.6 Å². The van der Waals surface area contributed by atoms with Crippen molar-refractivity contribution in [3.63, 3.8) is 0 Å². The van der Waals surface area contributed by atoms with Gasteiger partial charge in [0.25, 0.3) is 0 Å². The van der Waals surface area contributed by atoms with Crippen LogP contribution in [0.25, 0.3) is 0 Å². The molecule has 148 valence electrons. The predicted octanol–water partition coefficient (Wildman–Crippen LogP) is 3.39. The van der Waals surface area contributed by atoms with Gasteiger partial charge in [-0.3, -0.25) is 4.90 Å². The molecule has 3 aliphatic rings. The Bertz CT molecular complexity index is 986. The largest absolute Gasteiger partial charge is 0.294 e. The fraction of sp³-hybridized carbons (Fsp3) is 0.478. The van der Waals surface area contributed by atoms with E-state index in [-0.39, 0.29) is 0 Å². The van der Waals surface area contributed by atoms with Crippen molar-refractivity contribution in [3.8, 4) is 0 Å². The Morgan fingerprint density at radius 2 is 1.57 bits per heavy atom. The highest BCUT2D eigenvalue weighted by Crippen LogP contribution is 2.30. The minimum Gasteiger partial charge on any atom is -0.294 e. The first-order valence-corrected chi connectivity index (χ1v) is 12.0. The van der Waals surface area contributed by atoms with Crippen LogP contribution in [0.5, 0.6) is 0 Å². The van der Waals surface area contributed by atoms with E-state index in [2.05, 4.69) is 29.2 Å². The summed E-state index contributed by atoms with van der Waals surface area (Å²) in [6.45, 7) is 3.20. The molecule has 1 unspecified atom stereocenters. The fourth-order valence-corrected chi connectivity index (χ4v) is 6.62. The summed E-state index contributed by atoms with van der Waals surface area (Å²) >= 11 is 0. The van der Waals surface area contributed by atoms with E-state index < -0.39 is 10.0 Å². The summed E-state index contributed by atoms with van der Waals surface area (Å²) in [5.41, 5.74) is 5.40. The maximum absolute atomic E-state index is 13.3. The summed E-state index contributed by atoms with van der Waals surface area (Å²) in [5.74, 6) is 0. The average Bonchev–Trinajstić information content (AvgIpc) is 3.24. The van der Waals surface area contributed by atoms with E-state index in [0.717, 1.165) is 38.8 Å². The Kier molecular flexibility index (Phi) is 4.77. The molecule has 1 saturated heterocycles. The van der Waals surface area contributed by atoms with Crippen LogP contribution in [-0.2, 0) is 35.8 Å². The molecule has 5 rings (SSSR count). The van der Waals surface area contributed by atoms with Crippen LogP contribution in [0.3, 0.4) is 0 Å². The SMILES string of the molecule is O=S(=O)(c1ccc2c(c1)CCCC2)N1CCC(N2CCc3ccccc3C2)C1. The molecular weight excluding hydrogens is 368 g/mol. The number of nitrogens with zero attached hydrogens (tertiary/aromatic N) is 2. The number of rotatable bonds is 3. The monoisotopic (exact) mass is 396 g/mol. The molecule has 0 aromatic heterocycles. The molecule has 0 amide bonds. The summed E-state index contributed by atoms with van der Waals surface area (Å²) < 4.78 is 28.2. The molecule has 0 N–H and O–H groups in total. The number of benzene rings is 2. The van der Waals surface area contributed by atoms with Crippen molar-refractivity contribution in [1.29, 1.82) is 0 Å². The highest BCUT2D eigenvalue weighted by molar-refractivity contribution is 7.89. The lowest BCUT2D eigenvalue weighted by molar-refractivity contribution is 0.185. The van der Waals surface area contributed by atoms with Gasteiger partial charge in [-0.1, -0.05) is 30.3 Å². The van der Waals surface area contributed by atoms with Crippen LogP contribution >= 0.6 is 0 Å². The molecule has 1 aliphatic carbocycles. The van der Waals surface area contributed by atoms with Crippen LogP contribution < -0.4 is 0 Å². The highest BCUT2D eigenvalue weighted by atomic mass is 32.2. The zero-order chi connectivity index (χ0) is 19.1. The predicted molar refractivity (Wildman–Crippen MR) is 111 cm³/mol. The van der Waals surface area contributed by atoms with E-state index in [4.69, 9.17) is 0 Å². The zero-order valence-corrected chi connectivity index (χ0v) is 17.1. The molecule has 0 saturated carbocycles. The summed E-state index contributed by atoms with van der Waals surface area (Å²) in [6, 6.07) is 14.8. The van der Waals surface area contributed by atoms with Gasteiger partial charge in [-0.25, -0.2) is 8.42 Å². The third-order valence-electron chi connectivity index (χ3n) is 6.76. The molecule has 4 nitrogen and oxygen atoms in total. The molecule has 1 fully saturated rings. The quantitative estimate of drug-likeness (QED) is 0.799. The Morgan fingerprint density at radius 1 is 0.821 bits per heavy atom. The second kappa shape index (κ2) is 7.29. The van der Waals surface area contributed by atoms with Crippen molar-refractivity contribution in [2.45, 2.75) is 56.0 Å². The van der Waals surface area contributed by atoms with Gasteiger partial charge in [-0.05, 0) is 72.9 Å². The van der Waals surface area contributed by atoms with Gasteiger partial charge < -0.3 is 0 Å². The average molecular weight is 397 g/mol. The smallest absolute Gasteiger partial charge is 0.243 e. The molecule has 2 aromatic rings. The number of hydrogen-bond donors (Lipinski definition) is 0. The molecule has 2 heterocycles. The van der Waals surface area contributed by atoms with Gasteiger partial charge in [0, 0.05) is 32.2 Å². The standard InChI is InChI=1S/C23H28N2O2S/c26-28(27,23-10-9-18-5-1-3-7-20(18)15-23)25-14-12-22(17-25)24-13-11-19-6-2-4-8-21(19)16-24/h2,4,6,8-10,15,22H,1,3,5,7,11-14,16-17H2. The van der Waals surface area contributed by atoms with Crippen molar-refractivity contribution in [2.24, 2.45) is 0 Å².